The molecule has 1 amide bonds. The van der Waals surface area contributed by atoms with Crippen molar-refractivity contribution in [3.63, 3.8) is 0 Å². The molecule has 2 heterocycles. The Morgan fingerprint density at radius 2 is 2.41 bits per heavy atom. The van der Waals surface area contributed by atoms with Gasteiger partial charge in [-0.3, -0.25) is 9.78 Å². The molecule has 2 aromatic heterocycles. The monoisotopic (exact) mass is 233 g/mol. The molecule has 0 unspecified atom stereocenters. The first-order valence-electron chi connectivity index (χ1n) is 4.93. The highest BCUT2D eigenvalue weighted by Crippen LogP contribution is 2.08. The molecule has 0 fully saturated rings. The number of anilines is 1. The van der Waals surface area contributed by atoms with Crippen molar-refractivity contribution in [2.24, 2.45) is 0 Å². The van der Waals surface area contributed by atoms with Crippen molar-refractivity contribution in [2.75, 3.05) is 5.73 Å². The minimum Gasteiger partial charge on any atom is -0.397 e. The van der Waals surface area contributed by atoms with Crippen LogP contribution in [0.15, 0.2) is 23.0 Å². The third-order valence-electron chi connectivity index (χ3n) is 2.07. The number of nitrogens with two attached hydrogens (primary N) is 1. The Labute approximate surface area is 97.0 Å². The Morgan fingerprint density at radius 1 is 1.59 bits per heavy atom. The van der Waals surface area contributed by atoms with Crippen molar-refractivity contribution in [3.05, 3.63) is 35.7 Å². The third-order valence-corrected chi connectivity index (χ3v) is 2.07. The van der Waals surface area contributed by atoms with E-state index in [2.05, 4.69) is 20.4 Å². The third kappa shape index (κ3) is 2.57. The Balaban J connectivity index is 2.01. The molecule has 2 aromatic rings. The number of pyridine rings is 1. The first-order chi connectivity index (χ1) is 8.16. The number of aryl methyl sites for hydroxylation is 1. The second kappa shape index (κ2) is 4.60. The van der Waals surface area contributed by atoms with Gasteiger partial charge in [-0.1, -0.05) is 5.16 Å². The molecule has 0 saturated heterocycles. The van der Waals surface area contributed by atoms with Crippen LogP contribution in [0.1, 0.15) is 22.1 Å². The van der Waals surface area contributed by atoms with E-state index in [9.17, 15) is 4.79 Å². The molecule has 2 rings (SSSR count). The lowest BCUT2D eigenvalue weighted by Crippen LogP contribution is -2.24. The second-order valence-corrected chi connectivity index (χ2v) is 3.38. The molecule has 0 spiro atoms. The van der Waals surface area contributed by atoms with Gasteiger partial charge in [-0.25, -0.2) is 0 Å². The summed E-state index contributed by atoms with van der Waals surface area (Å²) in [4.78, 5) is 19.5. The fourth-order valence-corrected chi connectivity index (χ4v) is 1.28. The molecule has 7 heteroatoms. The molecule has 3 N–H and O–H groups in total. The maximum absolute atomic E-state index is 11.7. The summed E-state index contributed by atoms with van der Waals surface area (Å²) in [6.07, 6.45) is 2.92. The summed E-state index contributed by atoms with van der Waals surface area (Å²) in [6.45, 7) is 1.87. The van der Waals surface area contributed by atoms with Crippen molar-refractivity contribution in [2.45, 2.75) is 13.5 Å². The maximum Gasteiger partial charge on any atom is 0.253 e. The van der Waals surface area contributed by atoms with E-state index in [-0.39, 0.29) is 12.5 Å². The number of aromatic nitrogens is 3. The molecule has 0 bridgehead atoms. The highest BCUT2D eigenvalue weighted by atomic mass is 16.5. The van der Waals surface area contributed by atoms with Gasteiger partial charge in [0.25, 0.3) is 5.91 Å². The van der Waals surface area contributed by atoms with E-state index in [1.165, 1.54) is 12.4 Å². The quantitative estimate of drug-likeness (QED) is 0.788. The molecule has 0 radical (unpaired) electrons. The molecule has 17 heavy (non-hydrogen) atoms. The Morgan fingerprint density at radius 3 is 3.06 bits per heavy atom. The SMILES string of the molecule is Cc1noc(CNC(=O)c2ccncc2N)n1. The van der Waals surface area contributed by atoms with Gasteiger partial charge in [-0.05, 0) is 13.0 Å². The van der Waals surface area contributed by atoms with Gasteiger partial charge in [0.15, 0.2) is 5.82 Å². The van der Waals surface area contributed by atoms with Gasteiger partial charge >= 0.3 is 0 Å². The highest BCUT2D eigenvalue weighted by molar-refractivity contribution is 5.98. The van der Waals surface area contributed by atoms with E-state index in [1.54, 1.807) is 13.0 Å². The van der Waals surface area contributed by atoms with Gasteiger partial charge in [-0.2, -0.15) is 4.98 Å². The number of rotatable bonds is 3. The lowest BCUT2D eigenvalue weighted by Gasteiger charge is -2.04. The smallest absolute Gasteiger partial charge is 0.253 e. The number of nitrogens with one attached hydrogen (secondary N) is 1. The molecule has 0 saturated carbocycles. The van der Waals surface area contributed by atoms with Crippen LogP contribution in [0, 0.1) is 6.92 Å². The van der Waals surface area contributed by atoms with Gasteiger partial charge in [0.1, 0.15) is 0 Å². The van der Waals surface area contributed by atoms with E-state index in [0.717, 1.165) is 0 Å². The number of carbonyl (C=O) groups is 1. The molecule has 0 aliphatic heterocycles. The molecule has 0 atom stereocenters. The van der Waals surface area contributed by atoms with Crippen molar-refractivity contribution in [1.29, 1.82) is 0 Å². The average Bonchev–Trinajstić information content (AvgIpc) is 2.73. The van der Waals surface area contributed by atoms with Gasteiger partial charge in [-0.15, -0.1) is 0 Å². The van der Waals surface area contributed by atoms with Crippen LogP contribution >= 0.6 is 0 Å². The van der Waals surface area contributed by atoms with Crippen LogP contribution in [0.5, 0.6) is 0 Å². The summed E-state index contributed by atoms with van der Waals surface area (Å²) in [5.74, 6) is 0.571. The fourth-order valence-electron chi connectivity index (χ4n) is 1.28. The first-order valence-corrected chi connectivity index (χ1v) is 4.93. The van der Waals surface area contributed by atoms with Crippen LogP contribution in [-0.4, -0.2) is 21.0 Å². The number of hydrogen-bond donors (Lipinski definition) is 2. The average molecular weight is 233 g/mol. The summed E-state index contributed by atoms with van der Waals surface area (Å²) >= 11 is 0. The van der Waals surface area contributed by atoms with Gasteiger partial charge in [0, 0.05) is 6.20 Å². The van der Waals surface area contributed by atoms with Crippen molar-refractivity contribution < 1.29 is 9.32 Å². The molecule has 7 nitrogen and oxygen atoms in total. The van der Waals surface area contributed by atoms with E-state index >= 15 is 0 Å². The summed E-state index contributed by atoms with van der Waals surface area (Å²) < 4.78 is 4.86. The summed E-state index contributed by atoms with van der Waals surface area (Å²) in [7, 11) is 0. The molecule has 88 valence electrons. The number of carbonyl (C=O) groups excluding carboxylic acids is 1. The highest BCUT2D eigenvalue weighted by Gasteiger charge is 2.10. The minimum atomic E-state index is -0.305. The van der Waals surface area contributed by atoms with Gasteiger partial charge < -0.3 is 15.6 Å². The lowest BCUT2D eigenvalue weighted by molar-refractivity contribution is 0.0947. The standard InChI is InChI=1S/C10H11N5O2/c1-6-14-9(17-15-6)5-13-10(16)7-2-3-12-4-8(7)11/h2-4H,5,11H2,1H3,(H,13,16). The molecular formula is C10H11N5O2. The number of amides is 1. The Bertz CT molecular complexity index is 537. The molecule has 0 aliphatic carbocycles. The predicted molar refractivity (Wildman–Crippen MR) is 58.9 cm³/mol. The van der Waals surface area contributed by atoms with E-state index in [1.807, 2.05) is 0 Å². The number of nitrogen functional groups attached to an aromatic ring is 1. The number of nitrogens with zero attached hydrogens (tertiary/aromatic N) is 3. The zero-order chi connectivity index (χ0) is 12.3. The fraction of sp³-hybridized carbons (Fsp3) is 0.200. The zero-order valence-corrected chi connectivity index (χ0v) is 9.17. The second-order valence-electron chi connectivity index (χ2n) is 3.38. The Kier molecular flexibility index (Phi) is 2.99. The van der Waals surface area contributed by atoms with E-state index < -0.39 is 0 Å². The van der Waals surface area contributed by atoms with Crippen LogP contribution in [0.2, 0.25) is 0 Å². The maximum atomic E-state index is 11.7. The van der Waals surface area contributed by atoms with E-state index in [4.69, 9.17) is 10.3 Å². The Hall–Kier alpha value is -2.44. The van der Waals surface area contributed by atoms with Crippen molar-refractivity contribution in [1.82, 2.24) is 20.4 Å². The predicted octanol–water partition coefficient (Wildman–Crippen LogP) is 0.285. The minimum absolute atomic E-state index is 0.168. The van der Waals surface area contributed by atoms with Gasteiger partial charge in [0.2, 0.25) is 5.89 Å². The van der Waals surface area contributed by atoms with Crippen LogP contribution in [-0.2, 0) is 6.54 Å². The van der Waals surface area contributed by atoms with Crippen LogP contribution in [0.4, 0.5) is 5.69 Å². The summed E-state index contributed by atoms with van der Waals surface area (Å²) in [5.41, 5.74) is 6.32. The zero-order valence-electron chi connectivity index (χ0n) is 9.17. The van der Waals surface area contributed by atoms with Crippen molar-refractivity contribution in [3.8, 4) is 0 Å². The normalized spacial score (nSPS) is 10.2. The van der Waals surface area contributed by atoms with E-state index in [0.29, 0.717) is 23.0 Å². The topological polar surface area (TPSA) is 107 Å². The molecule has 0 aromatic carbocycles. The van der Waals surface area contributed by atoms with Gasteiger partial charge in [0.05, 0.1) is 24.0 Å². The molecular weight excluding hydrogens is 222 g/mol. The first kappa shape index (κ1) is 11.1. The summed E-state index contributed by atoms with van der Waals surface area (Å²) in [5, 5.41) is 6.24. The summed E-state index contributed by atoms with van der Waals surface area (Å²) in [6, 6.07) is 1.55. The van der Waals surface area contributed by atoms with Crippen molar-refractivity contribution >= 4 is 11.6 Å². The van der Waals surface area contributed by atoms with Crippen LogP contribution in [0.25, 0.3) is 0 Å². The largest absolute Gasteiger partial charge is 0.397 e. The molecule has 0 aliphatic rings. The lowest BCUT2D eigenvalue weighted by atomic mass is 10.2. The number of hydrogen-bond acceptors (Lipinski definition) is 6. The van der Waals surface area contributed by atoms with Crippen LogP contribution in [0.3, 0.4) is 0 Å². The van der Waals surface area contributed by atoms with Crippen LogP contribution < -0.4 is 11.1 Å².